The Morgan fingerprint density at radius 3 is 2.87 bits per heavy atom. The van der Waals surface area contributed by atoms with Gasteiger partial charge in [0.25, 0.3) is 0 Å². The number of ether oxygens (including phenoxy) is 1. The molecule has 1 saturated carbocycles. The Morgan fingerprint density at radius 2 is 2.20 bits per heavy atom. The number of halogens is 1. The Hall–Kier alpha value is 0.160. The number of amides is 1. The summed E-state index contributed by atoms with van der Waals surface area (Å²) in [7, 11) is 0. The van der Waals surface area contributed by atoms with Crippen molar-refractivity contribution in [1.82, 2.24) is 4.90 Å². The molecular formula is C11H15INO2-. The maximum absolute atomic E-state index is 12.4. The van der Waals surface area contributed by atoms with Crippen LogP contribution in [0.3, 0.4) is 0 Å². The summed E-state index contributed by atoms with van der Waals surface area (Å²) in [4.78, 5) is 14.4. The number of hydrogen-bond donors (Lipinski definition) is 0. The van der Waals surface area contributed by atoms with Crippen molar-refractivity contribution in [3.05, 3.63) is 0 Å². The van der Waals surface area contributed by atoms with Crippen LogP contribution in [-0.4, -0.2) is 36.5 Å². The molecule has 0 N–H and O–H groups in total. The fourth-order valence-electron chi connectivity index (χ4n) is 3.44. The van der Waals surface area contributed by atoms with Crippen LogP contribution in [0.15, 0.2) is 0 Å². The van der Waals surface area contributed by atoms with E-state index in [1.165, 1.54) is 12.8 Å². The fourth-order valence-corrected chi connectivity index (χ4v) is 8.51. The molecule has 3 heterocycles. The van der Waals surface area contributed by atoms with Gasteiger partial charge in [0, 0.05) is 0 Å². The van der Waals surface area contributed by atoms with Crippen LogP contribution in [0.4, 0.5) is 0 Å². The number of alkyl halides is 2. The van der Waals surface area contributed by atoms with E-state index in [9.17, 15) is 4.79 Å². The zero-order valence-electron chi connectivity index (χ0n) is 9.00. The van der Waals surface area contributed by atoms with Crippen molar-refractivity contribution in [1.29, 1.82) is 0 Å². The van der Waals surface area contributed by atoms with Gasteiger partial charge in [-0.2, -0.15) is 0 Å². The van der Waals surface area contributed by atoms with Crippen molar-refractivity contribution < 1.29 is 30.7 Å². The molecule has 3 saturated heterocycles. The Balaban J connectivity index is 1.73. The van der Waals surface area contributed by atoms with Crippen molar-refractivity contribution >= 4 is 5.91 Å². The number of carbonyl (C=O) groups excluding carboxylic acids is 1. The Morgan fingerprint density at radius 1 is 1.47 bits per heavy atom. The van der Waals surface area contributed by atoms with Gasteiger partial charge in [-0.1, -0.05) is 0 Å². The number of carbonyl (C=O) groups is 1. The first-order valence-electron chi connectivity index (χ1n) is 5.67. The molecule has 0 radical (unpaired) electrons. The van der Waals surface area contributed by atoms with Crippen molar-refractivity contribution in [3.8, 4) is 0 Å². The van der Waals surface area contributed by atoms with E-state index in [0.717, 1.165) is 10.5 Å². The number of nitrogens with zero attached hydrogens (tertiary/aromatic N) is 1. The Kier molecular flexibility index (Phi) is 1.46. The van der Waals surface area contributed by atoms with Gasteiger partial charge in [0.05, 0.1) is 0 Å². The summed E-state index contributed by atoms with van der Waals surface area (Å²) in [6.45, 7) is 4.86. The Bertz CT molecular complexity index is 364. The minimum absolute atomic E-state index is 0.266. The summed E-state index contributed by atoms with van der Waals surface area (Å²) in [6, 6.07) is 0.441. The van der Waals surface area contributed by atoms with Gasteiger partial charge in [-0.05, 0) is 0 Å². The monoisotopic (exact) mass is 320 g/mol. The first-order chi connectivity index (χ1) is 7.05. The molecule has 3 nitrogen and oxygen atoms in total. The molecular weight excluding hydrogens is 305 g/mol. The topological polar surface area (TPSA) is 29.5 Å². The summed E-state index contributed by atoms with van der Waals surface area (Å²) in [5.74, 6) is 0.828. The molecule has 4 heteroatoms. The first kappa shape index (κ1) is 9.22. The number of fused-ring (bicyclic) bond motifs is 4. The van der Waals surface area contributed by atoms with Gasteiger partial charge in [-0.25, -0.2) is 0 Å². The van der Waals surface area contributed by atoms with Crippen LogP contribution in [0.25, 0.3) is 0 Å². The van der Waals surface area contributed by atoms with E-state index in [2.05, 4.69) is 4.90 Å². The van der Waals surface area contributed by atoms with E-state index in [1.807, 2.05) is 13.8 Å². The van der Waals surface area contributed by atoms with E-state index in [0.29, 0.717) is 21.3 Å². The summed E-state index contributed by atoms with van der Waals surface area (Å²) >= 11 is 0.266. The molecule has 0 aromatic heterocycles. The molecule has 3 atom stereocenters. The van der Waals surface area contributed by atoms with Crippen LogP contribution in [0.5, 0.6) is 0 Å². The van der Waals surface area contributed by atoms with E-state index < -0.39 is 0 Å². The third-order valence-corrected chi connectivity index (χ3v) is 9.60. The SMILES string of the molecule is CC1(C)OC[C@@H]2C3[I-]C4(CC4)C3C(=O)N21. The molecule has 84 valence electrons. The van der Waals surface area contributed by atoms with Crippen LogP contribution in [-0.2, 0) is 9.53 Å². The van der Waals surface area contributed by atoms with Gasteiger partial charge in [-0.3, -0.25) is 0 Å². The fraction of sp³-hybridized carbons (Fsp3) is 0.909. The summed E-state index contributed by atoms with van der Waals surface area (Å²) in [5, 5.41) is 0. The molecule has 1 spiro atoms. The molecule has 4 aliphatic rings. The van der Waals surface area contributed by atoms with Gasteiger partial charge in [0.1, 0.15) is 0 Å². The zero-order chi connectivity index (χ0) is 10.4. The zero-order valence-corrected chi connectivity index (χ0v) is 11.2. The average Bonchev–Trinajstić information content (AvgIpc) is 2.80. The second-order valence-corrected chi connectivity index (χ2v) is 9.81. The quantitative estimate of drug-likeness (QED) is 0.367. The summed E-state index contributed by atoms with van der Waals surface area (Å²) in [6.07, 6.45) is 2.68. The molecule has 3 aliphatic heterocycles. The summed E-state index contributed by atoms with van der Waals surface area (Å²) in [5.41, 5.74) is -0.334. The molecule has 0 aromatic carbocycles. The molecule has 4 rings (SSSR count). The standard InChI is InChI=1S/C11H15INO2/c1-10(2)13-6(5-15-10)8-7(9(13)14)11(12-8)3-4-11/h6-8H,3-5H2,1-2H3/q-1/t6-,7?,8?/m1/s1. The Labute approximate surface area is 99.8 Å². The molecule has 15 heavy (non-hydrogen) atoms. The average molecular weight is 320 g/mol. The normalized spacial score (nSPS) is 48.3. The third-order valence-electron chi connectivity index (χ3n) is 4.34. The van der Waals surface area contributed by atoms with Crippen molar-refractivity contribution in [2.24, 2.45) is 5.92 Å². The van der Waals surface area contributed by atoms with Gasteiger partial charge in [0.2, 0.25) is 0 Å². The van der Waals surface area contributed by atoms with Crippen LogP contribution in [0, 0.1) is 5.92 Å². The van der Waals surface area contributed by atoms with Gasteiger partial charge < -0.3 is 0 Å². The van der Waals surface area contributed by atoms with Crippen molar-refractivity contribution in [3.63, 3.8) is 0 Å². The van der Waals surface area contributed by atoms with E-state index >= 15 is 0 Å². The molecule has 4 fully saturated rings. The molecule has 0 bridgehead atoms. The predicted molar refractivity (Wildman–Crippen MR) is 49.9 cm³/mol. The molecule has 1 aliphatic carbocycles. The van der Waals surface area contributed by atoms with Crippen molar-refractivity contribution in [2.75, 3.05) is 6.61 Å². The minimum atomic E-state index is -0.334. The second-order valence-electron chi connectivity index (χ2n) is 5.60. The molecule has 2 unspecified atom stereocenters. The van der Waals surface area contributed by atoms with E-state index in [-0.39, 0.29) is 26.9 Å². The van der Waals surface area contributed by atoms with Crippen LogP contribution in [0.1, 0.15) is 26.7 Å². The van der Waals surface area contributed by atoms with Gasteiger partial charge in [-0.15, -0.1) is 0 Å². The number of rotatable bonds is 0. The van der Waals surface area contributed by atoms with Crippen LogP contribution < -0.4 is 21.2 Å². The molecule has 1 amide bonds. The molecule has 0 aromatic rings. The van der Waals surface area contributed by atoms with Crippen LogP contribution in [0.2, 0.25) is 0 Å². The van der Waals surface area contributed by atoms with Gasteiger partial charge in [0.15, 0.2) is 0 Å². The van der Waals surface area contributed by atoms with E-state index in [1.54, 1.807) is 0 Å². The van der Waals surface area contributed by atoms with Gasteiger partial charge >= 0.3 is 99.9 Å². The van der Waals surface area contributed by atoms with Crippen molar-refractivity contribution in [2.45, 2.75) is 45.8 Å². The number of hydrogen-bond acceptors (Lipinski definition) is 2. The third kappa shape index (κ3) is 0.903. The van der Waals surface area contributed by atoms with E-state index in [4.69, 9.17) is 4.74 Å². The summed E-state index contributed by atoms with van der Waals surface area (Å²) < 4.78 is 7.03. The maximum atomic E-state index is 12.4. The first-order valence-corrected chi connectivity index (χ1v) is 7.99. The van der Waals surface area contributed by atoms with Crippen LogP contribution >= 0.6 is 0 Å². The second kappa shape index (κ2) is 2.37. The predicted octanol–water partition coefficient (Wildman–Crippen LogP) is -2.42.